The number of hydrogen-bond acceptors (Lipinski definition) is 1. The third-order valence-corrected chi connectivity index (χ3v) is 7.62. The van der Waals surface area contributed by atoms with Gasteiger partial charge in [0.2, 0.25) is 6.35 Å². The van der Waals surface area contributed by atoms with Crippen LogP contribution in [-0.2, 0) is 4.74 Å². The average Bonchev–Trinajstić information content (AvgIpc) is 2.62. The van der Waals surface area contributed by atoms with Crippen molar-refractivity contribution in [3.8, 4) is 0 Å². The van der Waals surface area contributed by atoms with Gasteiger partial charge in [0.05, 0.1) is 0 Å². The van der Waals surface area contributed by atoms with Crippen LogP contribution in [0.2, 0.25) is 0 Å². The Hall–Kier alpha value is -1.66. The number of hydrogen-bond donors (Lipinski definition) is 0. The molecule has 3 aromatic carbocycles. The molecule has 117 valence electrons. The van der Waals surface area contributed by atoms with Gasteiger partial charge in [-0.05, 0) is 36.4 Å². The third-order valence-electron chi connectivity index (χ3n) is 3.75. The van der Waals surface area contributed by atoms with E-state index in [1.54, 1.807) is 7.11 Å². The topological polar surface area (TPSA) is 9.23 Å². The van der Waals surface area contributed by atoms with Crippen molar-refractivity contribution in [2.75, 3.05) is 7.11 Å². The van der Waals surface area contributed by atoms with Crippen molar-refractivity contribution in [1.82, 2.24) is 0 Å². The van der Waals surface area contributed by atoms with Gasteiger partial charge in [-0.15, -0.1) is 0 Å². The quantitative estimate of drug-likeness (QED) is 0.622. The molecule has 0 aliphatic heterocycles. The van der Waals surface area contributed by atoms with Gasteiger partial charge in [0, 0.05) is 7.11 Å². The Bertz CT molecular complexity index is 605. The predicted octanol–water partition coefficient (Wildman–Crippen LogP) is 0.750. The molecule has 3 rings (SSSR count). The minimum Gasteiger partial charge on any atom is -1.00 e. The van der Waals surface area contributed by atoms with Crippen molar-refractivity contribution >= 4 is 23.2 Å². The maximum Gasteiger partial charge on any atom is 0.243 e. The number of benzene rings is 3. The lowest BCUT2D eigenvalue weighted by Crippen LogP contribution is -3.00. The Morgan fingerprint density at radius 1 is 0.609 bits per heavy atom. The van der Waals surface area contributed by atoms with E-state index in [0.717, 1.165) is 0 Å². The summed E-state index contributed by atoms with van der Waals surface area (Å²) in [5.74, 6) is 0. The Balaban J connectivity index is 0.00000192. The molecule has 0 aromatic heterocycles. The van der Waals surface area contributed by atoms with Crippen LogP contribution in [0.25, 0.3) is 0 Å². The Morgan fingerprint density at radius 2 is 0.913 bits per heavy atom. The molecule has 0 spiro atoms. The van der Waals surface area contributed by atoms with Crippen LogP contribution >= 0.6 is 7.26 Å². The van der Waals surface area contributed by atoms with Gasteiger partial charge in [0.25, 0.3) is 0 Å². The molecule has 0 fully saturated rings. The molecule has 0 saturated heterocycles. The Morgan fingerprint density at radius 3 is 1.17 bits per heavy atom. The molecular weight excluding hydrogens is 323 g/mol. The van der Waals surface area contributed by atoms with Crippen molar-refractivity contribution in [3.63, 3.8) is 0 Å². The van der Waals surface area contributed by atoms with E-state index < -0.39 is 7.26 Å². The van der Waals surface area contributed by atoms with Gasteiger partial charge < -0.3 is 17.1 Å². The molecule has 1 radical (unpaired) electrons. The zero-order valence-electron chi connectivity index (χ0n) is 13.0. The Labute approximate surface area is 145 Å². The highest BCUT2D eigenvalue weighted by molar-refractivity contribution is 7.97. The lowest BCUT2D eigenvalue weighted by Gasteiger charge is -2.25. The predicted molar refractivity (Wildman–Crippen MR) is 96.5 cm³/mol. The molecule has 1 nitrogen and oxygen atoms in total. The number of methoxy groups -OCH3 is 1. The van der Waals surface area contributed by atoms with Crippen molar-refractivity contribution in [3.05, 3.63) is 97.3 Å². The molecule has 3 aromatic rings. The summed E-state index contributed by atoms with van der Waals surface area (Å²) in [4.78, 5) is 0. The minimum atomic E-state index is -1.90. The summed E-state index contributed by atoms with van der Waals surface area (Å²) in [7, 11) is -0.161. The number of halogens is 1. The van der Waals surface area contributed by atoms with Crippen molar-refractivity contribution in [2.24, 2.45) is 0 Å². The fourth-order valence-electron chi connectivity index (χ4n) is 2.78. The average molecular weight is 342 g/mol. The van der Waals surface area contributed by atoms with Crippen LogP contribution in [0, 0.1) is 6.35 Å². The summed E-state index contributed by atoms with van der Waals surface area (Å²) < 4.78 is 5.59. The van der Waals surface area contributed by atoms with Crippen LogP contribution in [-0.4, -0.2) is 7.11 Å². The molecule has 0 saturated carbocycles. The maximum atomic E-state index is 5.59. The molecule has 3 heteroatoms. The minimum absolute atomic E-state index is 0. The first-order valence-corrected chi connectivity index (χ1v) is 9.16. The second-order valence-corrected chi connectivity index (χ2v) is 8.28. The SMILES string of the molecule is CO[CH][P+](c1ccccc1)(c1ccccc1)c1ccccc1.[Cl-]. The van der Waals surface area contributed by atoms with Gasteiger partial charge in [-0.1, -0.05) is 54.6 Å². The first-order chi connectivity index (χ1) is 10.9. The molecule has 0 aliphatic carbocycles. The van der Waals surface area contributed by atoms with E-state index in [1.165, 1.54) is 15.9 Å². The largest absolute Gasteiger partial charge is 1.00 e. The molecule has 0 amide bonds. The molecule has 0 bridgehead atoms. The first kappa shape index (κ1) is 17.7. The summed E-state index contributed by atoms with van der Waals surface area (Å²) in [6, 6.07) is 31.9. The highest BCUT2D eigenvalue weighted by atomic mass is 35.5. The van der Waals surface area contributed by atoms with Crippen molar-refractivity contribution in [1.29, 1.82) is 0 Å². The molecule has 0 atom stereocenters. The van der Waals surface area contributed by atoms with E-state index in [4.69, 9.17) is 4.74 Å². The fourth-order valence-corrected chi connectivity index (χ4v) is 6.28. The van der Waals surface area contributed by atoms with E-state index in [2.05, 4.69) is 91.0 Å². The monoisotopic (exact) mass is 341 g/mol. The van der Waals surface area contributed by atoms with E-state index in [0.29, 0.717) is 0 Å². The van der Waals surface area contributed by atoms with Crippen molar-refractivity contribution < 1.29 is 17.1 Å². The zero-order valence-corrected chi connectivity index (χ0v) is 14.6. The van der Waals surface area contributed by atoms with Crippen LogP contribution in [0.4, 0.5) is 0 Å². The van der Waals surface area contributed by atoms with E-state index in [9.17, 15) is 0 Å². The van der Waals surface area contributed by atoms with Gasteiger partial charge in [0.1, 0.15) is 23.2 Å². The molecule has 23 heavy (non-hydrogen) atoms. The van der Waals surface area contributed by atoms with Gasteiger partial charge in [0.15, 0.2) is 0 Å². The standard InChI is InChI=1S/C20H19OP.ClH/c1-21-17-22(18-11-5-2-6-12-18,19-13-7-3-8-14-19)20-15-9-4-10-16-20;/h2-17H,1H3;1H/q+1;/p-1. The van der Waals surface area contributed by atoms with E-state index in [1.807, 2.05) is 6.35 Å². The highest BCUT2D eigenvalue weighted by Crippen LogP contribution is 2.58. The van der Waals surface area contributed by atoms with Crippen molar-refractivity contribution in [2.45, 2.75) is 0 Å². The zero-order chi connectivity index (χ0) is 15.3. The lowest BCUT2D eigenvalue weighted by atomic mass is 10.4. The molecule has 0 aliphatic rings. The maximum absolute atomic E-state index is 5.59. The van der Waals surface area contributed by atoms with E-state index >= 15 is 0 Å². The van der Waals surface area contributed by atoms with Gasteiger partial charge in [-0.3, -0.25) is 0 Å². The highest BCUT2D eigenvalue weighted by Gasteiger charge is 2.46. The first-order valence-electron chi connectivity index (χ1n) is 7.31. The van der Waals surface area contributed by atoms with Crippen LogP contribution in [0.15, 0.2) is 91.0 Å². The molecule has 0 unspecified atom stereocenters. The summed E-state index contributed by atoms with van der Waals surface area (Å²) in [6.07, 6.45) is 2.03. The van der Waals surface area contributed by atoms with Gasteiger partial charge >= 0.3 is 0 Å². The van der Waals surface area contributed by atoms with Crippen LogP contribution in [0.1, 0.15) is 0 Å². The molecule has 0 heterocycles. The second kappa shape index (κ2) is 8.26. The summed E-state index contributed by atoms with van der Waals surface area (Å²) >= 11 is 0. The molecule has 0 N–H and O–H groups in total. The summed E-state index contributed by atoms with van der Waals surface area (Å²) in [5.41, 5.74) is 0. The second-order valence-electron chi connectivity index (χ2n) is 5.07. The smallest absolute Gasteiger partial charge is 0.243 e. The van der Waals surface area contributed by atoms with Crippen LogP contribution in [0.5, 0.6) is 0 Å². The lowest BCUT2D eigenvalue weighted by molar-refractivity contribution is -0.00000450. The number of ether oxygens (including phenoxy) is 1. The van der Waals surface area contributed by atoms with Gasteiger partial charge in [-0.25, -0.2) is 0 Å². The van der Waals surface area contributed by atoms with Gasteiger partial charge in [-0.2, -0.15) is 0 Å². The normalized spacial score (nSPS) is 10.8. The fraction of sp³-hybridized carbons (Fsp3) is 0.0500. The van der Waals surface area contributed by atoms with Crippen LogP contribution < -0.4 is 28.3 Å². The summed E-state index contributed by atoms with van der Waals surface area (Å²) in [5, 5.41) is 3.90. The van der Waals surface area contributed by atoms with E-state index in [-0.39, 0.29) is 12.4 Å². The Kier molecular flexibility index (Phi) is 6.36. The number of rotatable bonds is 5. The summed E-state index contributed by atoms with van der Waals surface area (Å²) in [6.45, 7) is 0. The molecular formula is C20H19ClOP. The third kappa shape index (κ3) is 3.48. The van der Waals surface area contributed by atoms with Crippen LogP contribution in [0.3, 0.4) is 0 Å².